The Hall–Kier alpha value is 0.0200. The Balaban J connectivity index is 2.05. The number of nitrogens with two attached hydrogens (primary N) is 1. The topological polar surface area (TPSA) is 59.1 Å². The maximum atomic E-state index is 7.21. The molecule has 3 N–H and O–H groups in total. The zero-order valence-electron chi connectivity index (χ0n) is 6.55. The Bertz CT molecular complexity index is 187. The van der Waals surface area contributed by atoms with Gasteiger partial charge in [-0.05, 0) is 38.0 Å². The standard InChI is InChI=1S/C7H14N2OP/c8-11(9)10-7-3-1-6(5-7)2-4-7/h6H,1-5H2,(H3,8,9)/q+1. The molecular formula is C7H14N2OP+. The summed E-state index contributed by atoms with van der Waals surface area (Å²) >= 11 is 0. The molecule has 11 heavy (non-hydrogen) atoms. The van der Waals surface area contributed by atoms with Crippen LogP contribution < -0.4 is 5.50 Å². The molecule has 0 aromatic carbocycles. The molecule has 2 rings (SSSR count). The molecule has 2 saturated carbocycles. The summed E-state index contributed by atoms with van der Waals surface area (Å²) in [6.45, 7) is 0. The van der Waals surface area contributed by atoms with Gasteiger partial charge >= 0.3 is 8.09 Å². The summed E-state index contributed by atoms with van der Waals surface area (Å²) in [5.41, 5.74) is 5.41. The highest BCUT2D eigenvalue weighted by molar-refractivity contribution is 7.37. The summed E-state index contributed by atoms with van der Waals surface area (Å²) in [4.78, 5) is 0. The van der Waals surface area contributed by atoms with Gasteiger partial charge in [0, 0.05) is 0 Å². The third-order valence-electron chi connectivity index (χ3n) is 2.97. The van der Waals surface area contributed by atoms with Gasteiger partial charge in [-0.25, -0.2) is 0 Å². The van der Waals surface area contributed by atoms with Gasteiger partial charge in [0.2, 0.25) is 0 Å². The van der Waals surface area contributed by atoms with Gasteiger partial charge in [0.15, 0.2) is 0 Å². The highest BCUT2D eigenvalue weighted by Crippen LogP contribution is 2.52. The van der Waals surface area contributed by atoms with Crippen LogP contribution in [0.1, 0.15) is 32.1 Å². The lowest BCUT2D eigenvalue weighted by Gasteiger charge is -2.18. The number of fused-ring (bicyclic) bond motifs is 2. The van der Waals surface area contributed by atoms with Crippen LogP contribution in [0.25, 0.3) is 0 Å². The van der Waals surface area contributed by atoms with Gasteiger partial charge in [0.1, 0.15) is 5.60 Å². The van der Waals surface area contributed by atoms with E-state index in [0.29, 0.717) is 0 Å². The Morgan fingerprint density at radius 3 is 2.45 bits per heavy atom. The van der Waals surface area contributed by atoms with Crippen LogP contribution in [0.15, 0.2) is 0 Å². The summed E-state index contributed by atoms with van der Waals surface area (Å²) in [5, 5.41) is 7.21. The lowest BCUT2D eigenvalue weighted by atomic mass is 9.98. The van der Waals surface area contributed by atoms with Crippen LogP contribution in [-0.4, -0.2) is 5.60 Å². The normalized spacial score (nSPS) is 43.0. The molecule has 0 aromatic rings. The summed E-state index contributed by atoms with van der Waals surface area (Å²) in [6, 6.07) is 0. The van der Waals surface area contributed by atoms with E-state index < -0.39 is 8.09 Å². The summed E-state index contributed by atoms with van der Waals surface area (Å²) in [7, 11) is -1.39. The van der Waals surface area contributed by atoms with Crippen LogP contribution in [-0.2, 0) is 4.52 Å². The van der Waals surface area contributed by atoms with Gasteiger partial charge < -0.3 is 0 Å². The van der Waals surface area contributed by atoms with E-state index in [1.165, 1.54) is 19.3 Å². The van der Waals surface area contributed by atoms with Crippen molar-refractivity contribution >= 4 is 8.09 Å². The van der Waals surface area contributed by atoms with Crippen molar-refractivity contribution < 1.29 is 4.52 Å². The van der Waals surface area contributed by atoms with Crippen molar-refractivity contribution in [2.24, 2.45) is 11.4 Å². The first-order valence-corrected chi connectivity index (χ1v) is 5.48. The monoisotopic (exact) mass is 173 g/mol. The van der Waals surface area contributed by atoms with Gasteiger partial charge in [-0.2, -0.15) is 0 Å². The van der Waals surface area contributed by atoms with Crippen LogP contribution in [0.3, 0.4) is 0 Å². The van der Waals surface area contributed by atoms with Crippen LogP contribution in [0.5, 0.6) is 0 Å². The van der Waals surface area contributed by atoms with Gasteiger partial charge in [0.05, 0.1) is 0 Å². The Morgan fingerprint density at radius 2 is 2.09 bits per heavy atom. The van der Waals surface area contributed by atoms with Crippen molar-refractivity contribution in [2.75, 3.05) is 0 Å². The lowest BCUT2D eigenvalue weighted by Crippen LogP contribution is -2.24. The van der Waals surface area contributed by atoms with E-state index in [1.54, 1.807) is 0 Å². The molecule has 0 amide bonds. The van der Waals surface area contributed by atoms with Gasteiger partial charge in [-0.3, -0.25) is 0 Å². The van der Waals surface area contributed by atoms with Crippen molar-refractivity contribution in [3.8, 4) is 0 Å². The molecule has 0 radical (unpaired) electrons. The van der Waals surface area contributed by atoms with E-state index in [2.05, 4.69) is 0 Å². The molecular weight excluding hydrogens is 159 g/mol. The lowest BCUT2D eigenvalue weighted by molar-refractivity contribution is 0.0979. The summed E-state index contributed by atoms with van der Waals surface area (Å²) < 4.78 is 5.50. The molecule has 1 atom stereocenters. The molecule has 0 heterocycles. The Labute approximate surface area is 67.7 Å². The molecule has 0 aromatic heterocycles. The van der Waals surface area contributed by atoms with E-state index in [0.717, 1.165) is 18.8 Å². The number of hydrogen-bond acceptors (Lipinski definition) is 2. The predicted molar refractivity (Wildman–Crippen MR) is 44.2 cm³/mol. The van der Waals surface area contributed by atoms with E-state index >= 15 is 0 Å². The number of hydrogen-bond donors (Lipinski definition) is 2. The third kappa shape index (κ3) is 1.33. The molecule has 1 unspecified atom stereocenters. The molecule has 2 aliphatic rings. The molecule has 3 nitrogen and oxygen atoms in total. The van der Waals surface area contributed by atoms with E-state index in [9.17, 15) is 0 Å². The van der Waals surface area contributed by atoms with Crippen LogP contribution in [0, 0.1) is 11.1 Å². The predicted octanol–water partition coefficient (Wildman–Crippen LogP) is 2.37. The van der Waals surface area contributed by atoms with E-state index in [-0.39, 0.29) is 5.60 Å². The maximum absolute atomic E-state index is 7.21. The zero-order valence-corrected chi connectivity index (χ0v) is 7.44. The van der Waals surface area contributed by atoms with Crippen LogP contribution in [0.2, 0.25) is 0 Å². The largest absolute Gasteiger partial charge is 0.469 e. The number of rotatable bonds is 2. The third-order valence-corrected chi connectivity index (χ3v) is 3.55. The minimum Gasteiger partial charge on any atom is -0.139 e. The fourth-order valence-corrected chi connectivity index (χ4v) is 3.15. The molecule has 4 heteroatoms. The van der Waals surface area contributed by atoms with Gasteiger partial charge in [0.25, 0.3) is 0 Å². The quantitative estimate of drug-likeness (QED) is 0.630. The maximum Gasteiger partial charge on any atom is 0.469 e. The Morgan fingerprint density at radius 1 is 1.45 bits per heavy atom. The second-order valence-electron chi connectivity index (χ2n) is 3.75. The molecule has 2 fully saturated rings. The van der Waals surface area contributed by atoms with Crippen molar-refractivity contribution in [3.05, 3.63) is 0 Å². The fraction of sp³-hybridized carbons (Fsp3) is 1.00. The second-order valence-corrected chi connectivity index (χ2v) is 4.58. The molecule has 0 saturated heterocycles. The first-order valence-electron chi connectivity index (χ1n) is 4.15. The first kappa shape index (κ1) is 7.66. The SMILES string of the molecule is N=[P+](N)OC12CCC(CC1)C2. The van der Waals surface area contributed by atoms with Crippen LogP contribution in [0.4, 0.5) is 0 Å². The van der Waals surface area contributed by atoms with Crippen molar-refractivity contribution in [2.45, 2.75) is 37.7 Å². The molecule has 0 spiro atoms. The average Bonchev–Trinajstić information content (AvgIpc) is 2.43. The van der Waals surface area contributed by atoms with E-state index in [4.69, 9.17) is 15.2 Å². The highest BCUT2D eigenvalue weighted by atomic mass is 31.1. The summed E-state index contributed by atoms with van der Waals surface area (Å²) in [5.74, 6) is 0.880. The molecule has 62 valence electrons. The zero-order chi connectivity index (χ0) is 7.90. The molecule has 2 bridgehead atoms. The van der Waals surface area contributed by atoms with Crippen molar-refractivity contribution in [3.63, 3.8) is 0 Å². The van der Waals surface area contributed by atoms with E-state index in [1.807, 2.05) is 0 Å². The summed E-state index contributed by atoms with van der Waals surface area (Å²) in [6.07, 6.45) is 6.05. The van der Waals surface area contributed by atoms with Gasteiger partial charge in [-0.15, -0.1) is 10.0 Å². The number of nitrogens with one attached hydrogen (secondary N) is 1. The highest BCUT2D eigenvalue weighted by Gasteiger charge is 2.49. The van der Waals surface area contributed by atoms with Crippen LogP contribution >= 0.6 is 8.09 Å². The first-order chi connectivity index (χ1) is 5.20. The molecule has 0 aliphatic heterocycles. The van der Waals surface area contributed by atoms with Gasteiger partial charge in [-0.1, -0.05) is 5.16 Å². The minimum absolute atomic E-state index is 0.0485. The Kier molecular flexibility index (Phi) is 1.75. The second kappa shape index (κ2) is 2.51. The molecule has 2 aliphatic carbocycles. The smallest absolute Gasteiger partial charge is 0.139 e. The van der Waals surface area contributed by atoms with Crippen molar-refractivity contribution in [1.82, 2.24) is 0 Å². The average molecular weight is 173 g/mol. The van der Waals surface area contributed by atoms with Crippen molar-refractivity contribution in [1.29, 1.82) is 5.16 Å². The fourth-order valence-electron chi connectivity index (χ4n) is 2.48. The minimum atomic E-state index is -1.39.